The van der Waals surface area contributed by atoms with Crippen molar-refractivity contribution in [2.75, 3.05) is 6.54 Å². The summed E-state index contributed by atoms with van der Waals surface area (Å²) in [6.45, 7) is 0.608. The molecular weight excluding hydrogens is 296 g/mol. The summed E-state index contributed by atoms with van der Waals surface area (Å²) in [7, 11) is 1.81. The SMILES string of the molecule is Cn1nc(C2CC2)nc1CC(=O)N1CC2C=CC1C(C(=O)O)C2. The number of carbonyl (C=O) groups excluding carboxylic acids is 1. The molecule has 1 aromatic rings. The van der Waals surface area contributed by atoms with Gasteiger partial charge in [0.1, 0.15) is 5.82 Å². The van der Waals surface area contributed by atoms with E-state index in [2.05, 4.69) is 10.1 Å². The third-order valence-corrected chi connectivity index (χ3v) is 5.10. The standard InChI is InChI=1S/C16H20N4O3/c1-19-13(17-15(18-19)10-3-4-10)7-14(21)20-8-9-2-5-12(20)11(6-9)16(22)23/h2,5,9-12H,3-4,6-8H2,1H3,(H,22,23). The van der Waals surface area contributed by atoms with E-state index in [4.69, 9.17) is 0 Å². The fraction of sp³-hybridized carbons (Fsp3) is 0.625. The first kappa shape index (κ1) is 14.4. The number of aryl methyl sites for hydroxylation is 1. The number of amides is 1. The van der Waals surface area contributed by atoms with Gasteiger partial charge in [-0.3, -0.25) is 14.3 Å². The van der Waals surface area contributed by atoms with Crippen molar-refractivity contribution in [2.24, 2.45) is 18.9 Å². The predicted molar refractivity (Wildman–Crippen MR) is 80.6 cm³/mol. The minimum absolute atomic E-state index is 0.0619. The number of rotatable bonds is 4. The van der Waals surface area contributed by atoms with Crippen LogP contribution in [0.4, 0.5) is 0 Å². The topological polar surface area (TPSA) is 88.3 Å². The van der Waals surface area contributed by atoms with Gasteiger partial charge in [0.05, 0.1) is 18.4 Å². The van der Waals surface area contributed by atoms with E-state index in [0.29, 0.717) is 24.7 Å². The van der Waals surface area contributed by atoms with Crippen molar-refractivity contribution in [1.29, 1.82) is 0 Å². The van der Waals surface area contributed by atoms with Crippen molar-refractivity contribution < 1.29 is 14.7 Å². The molecule has 122 valence electrons. The van der Waals surface area contributed by atoms with E-state index in [-0.39, 0.29) is 24.3 Å². The summed E-state index contributed by atoms with van der Waals surface area (Å²) >= 11 is 0. The number of carboxylic acid groups (broad SMARTS) is 1. The first-order chi connectivity index (χ1) is 11.0. The number of hydrogen-bond acceptors (Lipinski definition) is 4. The van der Waals surface area contributed by atoms with E-state index in [1.807, 2.05) is 19.2 Å². The molecule has 2 bridgehead atoms. The Morgan fingerprint density at radius 1 is 1.35 bits per heavy atom. The fourth-order valence-corrected chi connectivity index (χ4v) is 3.64. The Bertz CT molecular complexity index is 691. The zero-order valence-corrected chi connectivity index (χ0v) is 13.1. The maximum Gasteiger partial charge on any atom is 0.308 e. The molecule has 1 saturated heterocycles. The molecular formula is C16H20N4O3. The zero-order valence-electron chi connectivity index (χ0n) is 13.1. The van der Waals surface area contributed by atoms with Crippen molar-refractivity contribution >= 4 is 11.9 Å². The molecule has 3 unspecified atom stereocenters. The molecule has 3 heterocycles. The molecule has 2 aliphatic heterocycles. The monoisotopic (exact) mass is 316 g/mol. The molecule has 1 saturated carbocycles. The second kappa shape index (κ2) is 5.18. The minimum Gasteiger partial charge on any atom is -0.481 e. The lowest BCUT2D eigenvalue weighted by atomic mass is 9.77. The number of nitrogens with zero attached hydrogens (tertiary/aromatic N) is 4. The van der Waals surface area contributed by atoms with E-state index < -0.39 is 11.9 Å². The molecule has 7 heteroatoms. The number of aliphatic carboxylic acids is 1. The van der Waals surface area contributed by atoms with E-state index in [1.54, 1.807) is 9.58 Å². The van der Waals surface area contributed by atoms with Crippen LogP contribution >= 0.6 is 0 Å². The maximum absolute atomic E-state index is 12.7. The molecule has 0 radical (unpaired) electrons. The highest BCUT2D eigenvalue weighted by Crippen LogP contribution is 2.38. The number of aromatic nitrogens is 3. The van der Waals surface area contributed by atoms with Gasteiger partial charge in [0, 0.05) is 19.5 Å². The van der Waals surface area contributed by atoms with Gasteiger partial charge in [0.25, 0.3) is 0 Å². The Morgan fingerprint density at radius 2 is 2.13 bits per heavy atom. The van der Waals surface area contributed by atoms with Crippen LogP contribution in [0.1, 0.15) is 36.8 Å². The molecule has 2 fully saturated rings. The van der Waals surface area contributed by atoms with Gasteiger partial charge in [-0.25, -0.2) is 4.98 Å². The average molecular weight is 316 g/mol. The lowest BCUT2D eigenvalue weighted by Crippen LogP contribution is -2.55. The summed E-state index contributed by atoms with van der Waals surface area (Å²) in [5, 5.41) is 13.8. The second-order valence-corrected chi connectivity index (χ2v) is 6.82. The third-order valence-electron chi connectivity index (χ3n) is 5.10. The first-order valence-corrected chi connectivity index (χ1v) is 8.13. The van der Waals surface area contributed by atoms with Crippen molar-refractivity contribution in [3.8, 4) is 0 Å². The molecule has 0 spiro atoms. The molecule has 1 amide bonds. The van der Waals surface area contributed by atoms with Gasteiger partial charge in [0.15, 0.2) is 5.82 Å². The second-order valence-electron chi connectivity index (χ2n) is 6.82. The number of piperidine rings is 1. The van der Waals surface area contributed by atoms with Crippen LogP contribution in [0.5, 0.6) is 0 Å². The van der Waals surface area contributed by atoms with Crippen LogP contribution in [0.25, 0.3) is 0 Å². The summed E-state index contributed by atoms with van der Waals surface area (Å²) in [6.07, 6.45) is 6.97. The highest BCUT2D eigenvalue weighted by molar-refractivity contribution is 5.81. The summed E-state index contributed by atoms with van der Waals surface area (Å²) in [4.78, 5) is 30.3. The highest BCUT2D eigenvalue weighted by atomic mass is 16.4. The molecule has 2 aliphatic carbocycles. The average Bonchev–Trinajstić information content (AvgIpc) is 3.33. The van der Waals surface area contributed by atoms with Crippen LogP contribution in [-0.4, -0.2) is 49.2 Å². The highest BCUT2D eigenvalue weighted by Gasteiger charge is 2.43. The minimum atomic E-state index is -0.823. The quantitative estimate of drug-likeness (QED) is 0.827. The van der Waals surface area contributed by atoms with Gasteiger partial charge in [-0.1, -0.05) is 12.2 Å². The lowest BCUT2D eigenvalue weighted by molar-refractivity contribution is -0.149. The van der Waals surface area contributed by atoms with Crippen molar-refractivity contribution in [3.05, 3.63) is 23.8 Å². The smallest absolute Gasteiger partial charge is 0.308 e. The van der Waals surface area contributed by atoms with Gasteiger partial charge < -0.3 is 10.0 Å². The molecule has 23 heavy (non-hydrogen) atoms. The van der Waals surface area contributed by atoms with E-state index >= 15 is 0 Å². The molecule has 4 aliphatic rings. The summed E-state index contributed by atoms with van der Waals surface area (Å²) < 4.78 is 1.68. The maximum atomic E-state index is 12.7. The molecule has 5 rings (SSSR count). The van der Waals surface area contributed by atoms with Crippen molar-refractivity contribution in [3.63, 3.8) is 0 Å². The molecule has 1 N–H and O–H groups in total. The third kappa shape index (κ3) is 2.54. The number of carbonyl (C=O) groups is 2. The summed E-state index contributed by atoms with van der Waals surface area (Å²) in [5.74, 6) is 0.712. The zero-order chi connectivity index (χ0) is 16.1. The van der Waals surface area contributed by atoms with Crippen LogP contribution in [-0.2, 0) is 23.1 Å². The number of carboxylic acids is 1. The Kier molecular flexibility index (Phi) is 3.25. The van der Waals surface area contributed by atoms with Gasteiger partial charge in [0.2, 0.25) is 5.91 Å². The van der Waals surface area contributed by atoms with Crippen LogP contribution in [0.2, 0.25) is 0 Å². The number of hydrogen-bond donors (Lipinski definition) is 1. The van der Waals surface area contributed by atoms with E-state index in [1.165, 1.54) is 0 Å². The molecule has 7 nitrogen and oxygen atoms in total. The van der Waals surface area contributed by atoms with Crippen LogP contribution < -0.4 is 0 Å². The largest absolute Gasteiger partial charge is 0.481 e. The number of fused-ring (bicyclic) bond motifs is 2. The van der Waals surface area contributed by atoms with E-state index in [9.17, 15) is 14.7 Å². The van der Waals surface area contributed by atoms with Gasteiger partial charge in [-0.15, -0.1) is 0 Å². The Morgan fingerprint density at radius 3 is 2.78 bits per heavy atom. The van der Waals surface area contributed by atoms with Crippen molar-refractivity contribution in [1.82, 2.24) is 19.7 Å². The van der Waals surface area contributed by atoms with Gasteiger partial charge >= 0.3 is 5.97 Å². The Hall–Kier alpha value is -2.18. The van der Waals surface area contributed by atoms with Crippen LogP contribution in [0, 0.1) is 11.8 Å². The first-order valence-electron chi connectivity index (χ1n) is 8.13. The molecule has 1 aromatic heterocycles. The Balaban J connectivity index is 1.51. The van der Waals surface area contributed by atoms with Gasteiger partial charge in [-0.2, -0.15) is 5.10 Å². The molecule has 0 aromatic carbocycles. The summed E-state index contributed by atoms with van der Waals surface area (Å²) in [5.41, 5.74) is 0. The van der Waals surface area contributed by atoms with Crippen LogP contribution in [0.3, 0.4) is 0 Å². The van der Waals surface area contributed by atoms with E-state index in [0.717, 1.165) is 18.7 Å². The lowest BCUT2D eigenvalue weighted by Gasteiger charge is -2.44. The Labute approximate surface area is 134 Å². The summed E-state index contributed by atoms with van der Waals surface area (Å²) in [6, 6.07) is -0.332. The normalized spacial score (nSPS) is 29.1. The fourth-order valence-electron chi connectivity index (χ4n) is 3.64. The van der Waals surface area contributed by atoms with Crippen molar-refractivity contribution in [2.45, 2.75) is 37.6 Å². The van der Waals surface area contributed by atoms with Crippen LogP contribution in [0.15, 0.2) is 12.2 Å². The predicted octanol–water partition coefficient (Wildman–Crippen LogP) is 0.723. The molecule has 3 atom stereocenters. The van der Waals surface area contributed by atoms with Gasteiger partial charge in [-0.05, 0) is 25.2 Å².